The van der Waals surface area contributed by atoms with Gasteiger partial charge >= 0.3 is 0 Å². The maximum Gasteiger partial charge on any atom is 0.239 e. The number of amides is 1. The van der Waals surface area contributed by atoms with Crippen molar-refractivity contribution >= 4 is 30.7 Å². The Bertz CT molecular complexity index is 503. The van der Waals surface area contributed by atoms with Gasteiger partial charge in [0.2, 0.25) is 5.91 Å². The van der Waals surface area contributed by atoms with Crippen molar-refractivity contribution < 1.29 is 4.79 Å². The number of carbonyl (C=O) groups excluding carboxylic acids is 1. The number of aryl methyl sites for hydroxylation is 1. The van der Waals surface area contributed by atoms with Crippen molar-refractivity contribution in [2.75, 3.05) is 26.2 Å². The molecule has 1 aliphatic rings. The average Bonchev–Trinajstić information content (AvgIpc) is 2.49. The molecule has 0 spiro atoms. The molecule has 2 N–H and O–H groups in total. The van der Waals surface area contributed by atoms with Crippen molar-refractivity contribution in [1.82, 2.24) is 9.80 Å². The van der Waals surface area contributed by atoms with E-state index in [9.17, 15) is 4.79 Å². The van der Waals surface area contributed by atoms with Crippen LogP contribution in [0.15, 0.2) is 24.3 Å². The third-order valence-electron chi connectivity index (χ3n) is 4.38. The normalized spacial score (nSPS) is 16.3. The molecule has 2 rings (SSSR count). The second-order valence-corrected chi connectivity index (χ2v) is 6.76. The number of piperazine rings is 1. The predicted octanol–water partition coefficient (Wildman–Crippen LogP) is 2.86. The van der Waals surface area contributed by atoms with E-state index in [1.54, 1.807) is 0 Å². The summed E-state index contributed by atoms with van der Waals surface area (Å²) in [7, 11) is 0. The summed E-state index contributed by atoms with van der Waals surface area (Å²) in [5.74, 6) is 0.575. The Balaban J connectivity index is 0.00000264. The van der Waals surface area contributed by atoms with Gasteiger partial charge in [-0.15, -0.1) is 24.8 Å². The fourth-order valence-electron chi connectivity index (χ4n) is 3.00. The Morgan fingerprint density at radius 3 is 2.25 bits per heavy atom. The van der Waals surface area contributed by atoms with Gasteiger partial charge < -0.3 is 10.6 Å². The van der Waals surface area contributed by atoms with Crippen molar-refractivity contribution in [2.45, 2.75) is 39.8 Å². The van der Waals surface area contributed by atoms with Crippen LogP contribution in [0.1, 0.15) is 31.4 Å². The van der Waals surface area contributed by atoms with Gasteiger partial charge in [0.15, 0.2) is 0 Å². The molecule has 1 fully saturated rings. The van der Waals surface area contributed by atoms with Gasteiger partial charge in [0.25, 0.3) is 0 Å². The molecule has 0 bridgehead atoms. The standard InChI is InChI=1S/C18H29N3O.2ClH/c1-14(2)12-17(19)18(22)21-10-8-20(9-11-21)13-16-7-5-4-6-15(16)3;;/h4-7,14,17H,8-13,19H2,1-3H3;2*1H/t17-;;/m0../s1. The van der Waals surface area contributed by atoms with Gasteiger partial charge in [0.05, 0.1) is 6.04 Å². The molecule has 0 aliphatic carbocycles. The second kappa shape index (κ2) is 10.9. The summed E-state index contributed by atoms with van der Waals surface area (Å²) in [5.41, 5.74) is 8.73. The van der Waals surface area contributed by atoms with Crippen LogP contribution in [0.3, 0.4) is 0 Å². The highest BCUT2D eigenvalue weighted by molar-refractivity contribution is 5.85. The molecular formula is C18H31Cl2N3O. The Morgan fingerprint density at radius 2 is 1.71 bits per heavy atom. The Hall–Kier alpha value is -0.810. The number of rotatable bonds is 5. The molecule has 1 aromatic carbocycles. The van der Waals surface area contributed by atoms with Crippen molar-refractivity contribution in [2.24, 2.45) is 11.7 Å². The molecule has 1 amide bonds. The molecule has 1 aromatic rings. The first-order valence-corrected chi connectivity index (χ1v) is 8.28. The zero-order chi connectivity index (χ0) is 16.1. The van der Waals surface area contributed by atoms with Crippen molar-refractivity contribution in [3.05, 3.63) is 35.4 Å². The van der Waals surface area contributed by atoms with Crippen LogP contribution in [0.4, 0.5) is 0 Å². The van der Waals surface area contributed by atoms with E-state index in [1.807, 2.05) is 4.90 Å². The molecule has 1 atom stereocenters. The second-order valence-electron chi connectivity index (χ2n) is 6.76. The number of halogens is 2. The first-order valence-electron chi connectivity index (χ1n) is 8.28. The predicted molar refractivity (Wildman–Crippen MR) is 105 cm³/mol. The highest BCUT2D eigenvalue weighted by atomic mass is 35.5. The van der Waals surface area contributed by atoms with Gasteiger partial charge in [-0.3, -0.25) is 9.69 Å². The molecule has 0 aromatic heterocycles. The zero-order valence-electron chi connectivity index (χ0n) is 14.9. The van der Waals surface area contributed by atoms with Crippen LogP contribution in [-0.2, 0) is 11.3 Å². The van der Waals surface area contributed by atoms with Crippen molar-refractivity contribution in [1.29, 1.82) is 0 Å². The van der Waals surface area contributed by atoms with Crippen molar-refractivity contribution in [3.8, 4) is 0 Å². The van der Waals surface area contributed by atoms with E-state index in [2.05, 4.69) is 49.9 Å². The molecule has 4 nitrogen and oxygen atoms in total. The number of carbonyl (C=O) groups is 1. The maximum absolute atomic E-state index is 12.3. The summed E-state index contributed by atoms with van der Waals surface area (Å²) >= 11 is 0. The van der Waals surface area contributed by atoms with Gasteiger partial charge in [-0.25, -0.2) is 0 Å². The number of hydrogen-bond donors (Lipinski definition) is 1. The smallest absolute Gasteiger partial charge is 0.239 e. The monoisotopic (exact) mass is 375 g/mol. The topological polar surface area (TPSA) is 49.6 Å². The quantitative estimate of drug-likeness (QED) is 0.860. The van der Waals surface area contributed by atoms with Crippen LogP contribution in [0.25, 0.3) is 0 Å². The van der Waals surface area contributed by atoms with E-state index in [-0.39, 0.29) is 36.8 Å². The lowest BCUT2D eigenvalue weighted by molar-refractivity contribution is -0.134. The number of benzene rings is 1. The largest absolute Gasteiger partial charge is 0.339 e. The Morgan fingerprint density at radius 1 is 1.12 bits per heavy atom. The summed E-state index contributed by atoms with van der Waals surface area (Å²) in [6.45, 7) is 10.8. The first-order chi connectivity index (χ1) is 10.5. The van der Waals surface area contributed by atoms with Gasteiger partial charge in [0, 0.05) is 32.7 Å². The Kier molecular flexibility index (Phi) is 10.6. The fraction of sp³-hybridized carbons (Fsp3) is 0.611. The van der Waals surface area contributed by atoms with E-state index in [0.29, 0.717) is 5.92 Å². The van der Waals surface area contributed by atoms with Gasteiger partial charge in [-0.2, -0.15) is 0 Å². The summed E-state index contributed by atoms with van der Waals surface area (Å²) in [4.78, 5) is 16.7. The molecule has 1 saturated heterocycles. The van der Waals surface area contributed by atoms with E-state index in [4.69, 9.17) is 5.73 Å². The van der Waals surface area contributed by atoms with Gasteiger partial charge in [-0.05, 0) is 30.4 Å². The highest BCUT2D eigenvalue weighted by Crippen LogP contribution is 2.13. The third-order valence-corrected chi connectivity index (χ3v) is 4.38. The lowest BCUT2D eigenvalue weighted by atomic mass is 10.0. The number of nitrogens with zero attached hydrogens (tertiary/aromatic N) is 2. The van der Waals surface area contributed by atoms with Gasteiger partial charge in [-0.1, -0.05) is 38.1 Å². The Labute approximate surface area is 158 Å². The van der Waals surface area contributed by atoms with Crippen LogP contribution in [0.2, 0.25) is 0 Å². The fourth-order valence-corrected chi connectivity index (χ4v) is 3.00. The summed E-state index contributed by atoms with van der Waals surface area (Å²) in [6, 6.07) is 8.16. The molecule has 0 unspecified atom stereocenters. The van der Waals surface area contributed by atoms with E-state index in [0.717, 1.165) is 39.1 Å². The minimum Gasteiger partial charge on any atom is -0.339 e. The summed E-state index contributed by atoms with van der Waals surface area (Å²) < 4.78 is 0. The van der Waals surface area contributed by atoms with Crippen LogP contribution in [0.5, 0.6) is 0 Å². The van der Waals surface area contributed by atoms with E-state index in [1.165, 1.54) is 11.1 Å². The van der Waals surface area contributed by atoms with Crippen LogP contribution >= 0.6 is 24.8 Å². The third kappa shape index (κ3) is 6.60. The SMILES string of the molecule is Cc1ccccc1CN1CCN(C(=O)[C@@H](N)CC(C)C)CC1.Cl.Cl. The van der Waals surface area contributed by atoms with E-state index >= 15 is 0 Å². The molecule has 24 heavy (non-hydrogen) atoms. The molecule has 1 heterocycles. The summed E-state index contributed by atoms with van der Waals surface area (Å²) in [5, 5.41) is 0. The summed E-state index contributed by atoms with van der Waals surface area (Å²) in [6.07, 6.45) is 0.766. The number of nitrogens with two attached hydrogens (primary N) is 1. The van der Waals surface area contributed by atoms with Crippen LogP contribution < -0.4 is 5.73 Å². The number of hydrogen-bond acceptors (Lipinski definition) is 3. The molecule has 1 aliphatic heterocycles. The van der Waals surface area contributed by atoms with Gasteiger partial charge in [0.1, 0.15) is 0 Å². The van der Waals surface area contributed by atoms with Crippen LogP contribution in [0, 0.1) is 12.8 Å². The van der Waals surface area contributed by atoms with E-state index < -0.39 is 0 Å². The van der Waals surface area contributed by atoms with Crippen LogP contribution in [-0.4, -0.2) is 47.9 Å². The minimum absolute atomic E-state index is 0. The lowest BCUT2D eigenvalue weighted by Crippen LogP contribution is -2.53. The van der Waals surface area contributed by atoms with Crippen molar-refractivity contribution in [3.63, 3.8) is 0 Å². The molecule has 0 saturated carbocycles. The molecule has 0 radical (unpaired) electrons. The minimum atomic E-state index is -0.345. The molecular weight excluding hydrogens is 345 g/mol. The highest BCUT2D eigenvalue weighted by Gasteiger charge is 2.25. The lowest BCUT2D eigenvalue weighted by Gasteiger charge is -2.36. The zero-order valence-corrected chi connectivity index (χ0v) is 16.5. The maximum atomic E-state index is 12.3. The first kappa shape index (κ1) is 23.2. The molecule has 138 valence electrons. The average molecular weight is 376 g/mol. The molecule has 6 heteroatoms.